The van der Waals surface area contributed by atoms with Gasteiger partial charge in [-0.05, 0) is 19.1 Å². The quantitative estimate of drug-likeness (QED) is 0.862. The highest BCUT2D eigenvalue weighted by atomic mass is 35.5. The largest absolute Gasteiger partial charge is 0.416 e. The predicted molar refractivity (Wildman–Crippen MR) is 67.7 cm³/mol. The van der Waals surface area contributed by atoms with Gasteiger partial charge in [-0.1, -0.05) is 23.2 Å². The zero-order valence-corrected chi connectivity index (χ0v) is 11.1. The Kier molecular flexibility index (Phi) is 3.40. The lowest BCUT2D eigenvalue weighted by Crippen LogP contribution is -2.08. The first-order valence-corrected chi connectivity index (χ1v) is 5.84. The van der Waals surface area contributed by atoms with Crippen LogP contribution in [0.25, 0.3) is 5.69 Å². The number of alkyl halides is 3. The third kappa shape index (κ3) is 2.64. The number of aromatic nitrogens is 2. The molecule has 2 rings (SSSR count). The van der Waals surface area contributed by atoms with Gasteiger partial charge in [-0.2, -0.15) is 18.3 Å². The Morgan fingerprint density at radius 2 is 1.68 bits per heavy atom. The summed E-state index contributed by atoms with van der Waals surface area (Å²) < 4.78 is 39.0. The van der Waals surface area contributed by atoms with Crippen LogP contribution in [0.2, 0.25) is 10.0 Å². The third-order valence-electron chi connectivity index (χ3n) is 2.42. The van der Waals surface area contributed by atoms with E-state index in [2.05, 4.69) is 5.10 Å². The lowest BCUT2D eigenvalue weighted by Gasteiger charge is -2.13. The molecule has 102 valence electrons. The lowest BCUT2D eigenvalue weighted by molar-refractivity contribution is -0.137. The van der Waals surface area contributed by atoms with E-state index in [0.29, 0.717) is 5.69 Å². The first-order chi connectivity index (χ1) is 8.70. The van der Waals surface area contributed by atoms with Crippen LogP contribution in [0.5, 0.6) is 0 Å². The van der Waals surface area contributed by atoms with Gasteiger partial charge in [0.05, 0.1) is 21.3 Å². The molecule has 0 unspecified atom stereocenters. The van der Waals surface area contributed by atoms with Gasteiger partial charge in [0.25, 0.3) is 0 Å². The standard InChI is InChI=1S/C11H8Cl2F3N3/c1-5-2-9(17)19(18-5)10-7(12)3-6(4-8(10)13)11(14,15)16/h2-4H,17H2,1H3. The SMILES string of the molecule is Cc1cc(N)n(-c2c(Cl)cc(C(F)(F)F)cc2Cl)n1. The molecule has 2 aromatic rings. The molecule has 0 aliphatic rings. The molecule has 0 aliphatic carbocycles. The van der Waals surface area contributed by atoms with E-state index in [9.17, 15) is 13.2 Å². The maximum atomic E-state index is 12.6. The normalized spacial score (nSPS) is 11.9. The Balaban J connectivity index is 2.64. The topological polar surface area (TPSA) is 43.8 Å². The van der Waals surface area contributed by atoms with Gasteiger partial charge in [0, 0.05) is 6.07 Å². The minimum atomic E-state index is -4.52. The fourth-order valence-corrected chi connectivity index (χ4v) is 2.28. The van der Waals surface area contributed by atoms with E-state index in [1.165, 1.54) is 4.68 Å². The molecule has 0 fully saturated rings. The molecule has 8 heteroatoms. The molecule has 1 aromatic carbocycles. The van der Waals surface area contributed by atoms with E-state index < -0.39 is 11.7 Å². The maximum absolute atomic E-state index is 12.6. The molecule has 1 heterocycles. The van der Waals surface area contributed by atoms with Crippen molar-refractivity contribution in [3.63, 3.8) is 0 Å². The highest BCUT2D eigenvalue weighted by molar-refractivity contribution is 6.37. The summed E-state index contributed by atoms with van der Waals surface area (Å²) in [6.45, 7) is 1.69. The number of nitrogen functional groups attached to an aromatic ring is 1. The van der Waals surface area contributed by atoms with Crippen molar-refractivity contribution in [2.45, 2.75) is 13.1 Å². The van der Waals surface area contributed by atoms with Gasteiger partial charge in [0.2, 0.25) is 0 Å². The van der Waals surface area contributed by atoms with Crippen molar-refractivity contribution in [1.82, 2.24) is 9.78 Å². The summed E-state index contributed by atoms with van der Waals surface area (Å²) in [4.78, 5) is 0. The van der Waals surface area contributed by atoms with Crippen molar-refractivity contribution in [2.24, 2.45) is 0 Å². The molecule has 0 spiro atoms. The molecule has 1 aromatic heterocycles. The zero-order valence-electron chi connectivity index (χ0n) is 9.59. The number of halogens is 5. The van der Waals surface area contributed by atoms with Gasteiger partial charge < -0.3 is 5.73 Å². The number of hydrogen-bond acceptors (Lipinski definition) is 2. The Morgan fingerprint density at radius 1 is 1.16 bits per heavy atom. The van der Waals surface area contributed by atoms with E-state index >= 15 is 0 Å². The molecule has 0 atom stereocenters. The molecule has 3 nitrogen and oxygen atoms in total. The van der Waals surface area contributed by atoms with Crippen molar-refractivity contribution in [1.29, 1.82) is 0 Å². The second kappa shape index (κ2) is 4.61. The zero-order chi connectivity index (χ0) is 14.4. The van der Waals surface area contributed by atoms with Crippen LogP contribution in [0.3, 0.4) is 0 Å². The predicted octanol–water partition coefficient (Wildman–Crippen LogP) is 4.09. The van der Waals surface area contributed by atoms with Crippen LogP contribution in [-0.4, -0.2) is 9.78 Å². The van der Waals surface area contributed by atoms with Gasteiger partial charge in [-0.3, -0.25) is 0 Å². The Labute approximate surface area is 116 Å². The average molecular weight is 310 g/mol. The van der Waals surface area contributed by atoms with E-state index in [1.807, 2.05) is 0 Å². The number of nitrogens with two attached hydrogens (primary N) is 1. The molecule has 0 radical (unpaired) electrons. The Hall–Kier alpha value is -1.40. The molecule has 2 N–H and O–H groups in total. The molecule has 0 aliphatic heterocycles. The monoisotopic (exact) mass is 309 g/mol. The number of aryl methyl sites for hydroxylation is 1. The second-order valence-corrected chi connectivity index (χ2v) is 4.72. The summed E-state index contributed by atoms with van der Waals surface area (Å²) in [5.41, 5.74) is 5.50. The van der Waals surface area contributed by atoms with Gasteiger partial charge in [0.1, 0.15) is 11.5 Å². The Bertz CT molecular complexity index is 612. The van der Waals surface area contributed by atoms with Crippen LogP contribution in [0, 0.1) is 6.92 Å². The number of rotatable bonds is 1. The summed E-state index contributed by atoms with van der Waals surface area (Å²) in [6.07, 6.45) is -4.52. The first kappa shape index (κ1) is 14.0. The minimum absolute atomic E-state index is 0.127. The first-order valence-electron chi connectivity index (χ1n) is 5.09. The van der Waals surface area contributed by atoms with Crippen molar-refractivity contribution in [3.05, 3.63) is 39.5 Å². The smallest absolute Gasteiger partial charge is 0.384 e. The highest BCUT2D eigenvalue weighted by Gasteiger charge is 2.32. The van der Waals surface area contributed by atoms with Crippen LogP contribution in [0.15, 0.2) is 18.2 Å². The van der Waals surface area contributed by atoms with E-state index in [0.717, 1.165) is 12.1 Å². The minimum Gasteiger partial charge on any atom is -0.384 e. The number of anilines is 1. The van der Waals surface area contributed by atoms with Crippen LogP contribution < -0.4 is 5.73 Å². The summed E-state index contributed by atoms with van der Waals surface area (Å²) >= 11 is 11.7. The summed E-state index contributed by atoms with van der Waals surface area (Å²) in [5.74, 6) is 0.237. The molecular formula is C11H8Cl2F3N3. The molecule has 0 saturated heterocycles. The van der Waals surface area contributed by atoms with Crippen LogP contribution >= 0.6 is 23.2 Å². The molecule has 19 heavy (non-hydrogen) atoms. The lowest BCUT2D eigenvalue weighted by atomic mass is 10.2. The number of nitrogens with zero attached hydrogens (tertiary/aromatic N) is 2. The molecule has 0 saturated carbocycles. The summed E-state index contributed by atoms with van der Waals surface area (Å²) in [5, 5.41) is 3.69. The van der Waals surface area contributed by atoms with E-state index in [-0.39, 0.29) is 21.6 Å². The summed E-state index contributed by atoms with van der Waals surface area (Å²) in [7, 11) is 0. The number of hydrogen-bond donors (Lipinski definition) is 1. The van der Waals surface area contributed by atoms with Gasteiger partial charge in [-0.25, -0.2) is 4.68 Å². The van der Waals surface area contributed by atoms with Crippen molar-refractivity contribution in [3.8, 4) is 5.69 Å². The van der Waals surface area contributed by atoms with Gasteiger partial charge in [-0.15, -0.1) is 0 Å². The van der Waals surface area contributed by atoms with Crippen LogP contribution in [-0.2, 0) is 6.18 Å². The van der Waals surface area contributed by atoms with E-state index in [4.69, 9.17) is 28.9 Å². The Morgan fingerprint density at radius 3 is 2.05 bits per heavy atom. The highest BCUT2D eigenvalue weighted by Crippen LogP contribution is 2.37. The average Bonchev–Trinajstić information content (AvgIpc) is 2.55. The molecule has 0 bridgehead atoms. The maximum Gasteiger partial charge on any atom is 0.416 e. The van der Waals surface area contributed by atoms with Gasteiger partial charge in [0.15, 0.2) is 0 Å². The second-order valence-electron chi connectivity index (χ2n) is 3.91. The molecular weight excluding hydrogens is 302 g/mol. The third-order valence-corrected chi connectivity index (χ3v) is 2.99. The van der Waals surface area contributed by atoms with Crippen molar-refractivity contribution in [2.75, 3.05) is 5.73 Å². The fraction of sp³-hybridized carbons (Fsp3) is 0.182. The van der Waals surface area contributed by atoms with Crippen LogP contribution in [0.1, 0.15) is 11.3 Å². The fourth-order valence-electron chi connectivity index (χ4n) is 1.63. The van der Waals surface area contributed by atoms with E-state index in [1.54, 1.807) is 13.0 Å². The molecule has 0 amide bonds. The summed E-state index contributed by atoms with van der Waals surface area (Å²) in [6, 6.07) is 3.14. The van der Waals surface area contributed by atoms with Crippen molar-refractivity contribution < 1.29 is 13.2 Å². The van der Waals surface area contributed by atoms with Crippen molar-refractivity contribution >= 4 is 29.0 Å². The van der Waals surface area contributed by atoms with Gasteiger partial charge >= 0.3 is 6.18 Å². The number of benzene rings is 1. The van der Waals surface area contributed by atoms with Crippen LogP contribution in [0.4, 0.5) is 19.0 Å².